The summed E-state index contributed by atoms with van der Waals surface area (Å²) in [5.41, 5.74) is 3.36. The molecule has 2 rings (SSSR count). The van der Waals surface area contributed by atoms with Crippen molar-refractivity contribution < 1.29 is 0 Å². The highest BCUT2D eigenvalue weighted by atomic mass is 15.3. The van der Waals surface area contributed by atoms with Gasteiger partial charge in [-0.15, -0.1) is 0 Å². The minimum Gasteiger partial charge on any atom is -0.237 e. The standard InChI is InChI=1S/C14H22N4/c1-8(2)11-12(9(3)4)17-13(10(5)6)18-14(11)15-7-16-18/h7-10H,1-6H3. The molecule has 0 radical (unpaired) electrons. The van der Waals surface area contributed by atoms with E-state index in [9.17, 15) is 0 Å². The molecule has 0 aliphatic rings. The maximum absolute atomic E-state index is 4.85. The highest BCUT2D eigenvalue weighted by Gasteiger charge is 2.21. The predicted molar refractivity (Wildman–Crippen MR) is 73.0 cm³/mol. The summed E-state index contributed by atoms with van der Waals surface area (Å²) >= 11 is 0. The Morgan fingerprint density at radius 1 is 0.944 bits per heavy atom. The van der Waals surface area contributed by atoms with Crippen LogP contribution in [0.15, 0.2) is 6.33 Å². The Balaban J connectivity index is 2.84. The third-order valence-electron chi connectivity index (χ3n) is 3.16. The predicted octanol–water partition coefficient (Wildman–Crippen LogP) is 3.49. The quantitative estimate of drug-likeness (QED) is 0.832. The van der Waals surface area contributed by atoms with E-state index in [4.69, 9.17) is 4.98 Å². The minimum atomic E-state index is 0.341. The largest absolute Gasteiger partial charge is 0.237 e. The number of rotatable bonds is 3. The van der Waals surface area contributed by atoms with Gasteiger partial charge in [-0.1, -0.05) is 41.5 Å². The van der Waals surface area contributed by atoms with E-state index in [0.29, 0.717) is 17.8 Å². The Morgan fingerprint density at radius 3 is 2.11 bits per heavy atom. The number of nitrogens with zero attached hydrogens (tertiary/aromatic N) is 4. The maximum atomic E-state index is 4.85. The molecule has 0 bridgehead atoms. The minimum absolute atomic E-state index is 0.341. The van der Waals surface area contributed by atoms with Gasteiger partial charge in [0, 0.05) is 11.5 Å². The number of hydrogen-bond donors (Lipinski definition) is 0. The van der Waals surface area contributed by atoms with Gasteiger partial charge in [-0.25, -0.2) is 9.97 Å². The molecule has 0 fully saturated rings. The first kappa shape index (κ1) is 13.0. The van der Waals surface area contributed by atoms with Gasteiger partial charge in [-0.05, 0) is 11.8 Å². The molecule has 0 unspecified atom stereocenters. The Labute approximate surface area is 108 Å². The molecule has 0 saturated heterocycles. The molecule has 2 aromatic heterocycles. The molecular weight excluding hydrogens is 224 g/mol. The van der Waals surface area contributed by atoms with Crippen molar-refractivity contribution in [1.29, 1.82) is 0 Å². The fourth-order valence-electron chi connectivity index (χ4n) is 2.31. The molecule has 0 aliphatic heterocycles. The summed E-state index contributed by atoms with van der Waals surface area (Å²) in [5, 5.41) is 4.33. The fraction of sp³-hybridized carbons (Fsp3) is 0.643. The van der Waals surface area contributed by atoms with Crippen molar-refractivity contribution >= 4 is 5.65 Å². The van der Waals surface area contributed by atoms with Gasteiger partial charge in [0.05, 0.1) is 5.69 Å². The van der Waals surface area contributed by atoms with Crippen LogP contribution >= 0.6 is 0 Å². The summed E-state index contributed by atoms with van der Waals surface area (Å²) in [6, 6.07) is 0. The van der Waals surface area contributed by atoms with E-state index < -0.39 is 0 Å². The Hall–Kier alpha value is -1.45. The van der Waals surface area contributed by atoms with Crippen molar-refractivity contribution in [3.8, 4) is 0 Å². The van der Waals surface area contributed by atoms with E-state index >= 15 is 0 Å². The molecule has 98 valence electrons. The van der Waals surface area contributed by atoms with Crippen LogP contribution in [0.2, 0.25) is 0 Å². The van der Waals surface area contributed by atoms with Crippen LogP contribution in [0.1, 0.15) is 76.4 Å². The summed E-state index contributed by atoms with van der Waals surface area (Å²) in [6.45, 7) is 13.0. The highest BCUT2D eigenvalue weighted by molar-refractivity contribution is 5.52. The molecule has 2 aromatic rings. The molecule has 0 aromatic carbocycles. The lowest BCUT2D eigenvalue weighted by Crippen LogP contribution is -2.13. The van der Waals surface area contributed by atoms with Gasteiger partial charge < -0.3 is 0 Å². The fourth-order valence-corrected chi connectivity index (χ4v) is 2.31. The van der Waals surface area contributed by atoms with Gasteiger partial charge in [-0.3, -0.25) is 0 Å². The highest BCUT2D eigenvalue weighted by Crippen LogP contribution is 2.29. The molecule has 2 heterocycles. The first-order valence-corrected chi connectivity index (χ1v) is 6.66. The van der Waals surface area contributed by atoms with Crippen LogP contribution < -0.4 is 0 Å². The summed E-state index contributed by atoms with van der Waals surface area (Å²) in [5.74, 6) is 2.15. The SMILES string of the molecule is CC(C)c1nc(C(C)C)n2ncnc2c1C(C)C. The average molecular weight is 246 g/mol. The van der Waals surface area contributed by atoms with E-state index in [1.165, 1.54) is 5.56 Å². The van der Waals surface area contributed by atoms with E-state index in [1.54, 1.807) is 6.33 Å². The van der Waals surface area contributed by atoms with Crippen LogP contribution in [0.5, 0.6) is 0 Å². The van der Waals surface area contributed by atoms with Crippen molar-refractivity contribution in [3.05, 3.63) is 23.4 Å². The molecule has 0 aliphatic carbocycles. The summed E-state index contributed by atoms with van der Waals surface area (Å²) in [6.07, 6.45) is 1.62. The molecule has 4 nitrogen and oxygen atoms in total. The molecular formula is C14H22N4. The van der Waals surface area contributed by atoms with E-state index in [1.807, 2.05) is 4.52 Å². The van der Waals surface area contributed by atoms with Gasteiger partial charge >= 0.3 is 0 Å². The van der Waals surface area contributed by atoms with Crippen molar-refractivity contribution in [2.24, 2.45) is 0 Å². The number of aromatic nitrogens is 4. The maximum Gasteiger partial charge on any atom is 0.162 e. The first-order chi connectivity index (χ1) is 8.43. The zero-order valence-corrected chi connectivity index (χ0v) is 12.1. The van der Waals surface area contributed by atoms with Gasteiger partial charge in [0.2, 0.25) is 0 Å². The number of fused-ring (bicyclic) bond motifs is 1. The zero-order chi connectivity index (χ0) is 13.4. The lowest BCUT2D eigenvalue weighted by atomic mass is 9.95. The number of hydrogen-bond acceptors (Lipinski definition) is 3. The van der Waals surface area contributed by atoms with Crippen LogP contribution in [-0.4, -0.2) is 19.6 Å². The van der Waals surface area contributed by atoms with Crippen LogP contribution in [0, 0.1) is 0 Å². The molecule has 18 heavy (non-hydrogen) atoms. The smallest absolute Gasteiger partial charge is 0.162 e. The Morgan fingerprint density at radius 2 is 1.61 bits per heavy atom. The molecule has 0 N–H and O–H groups in total. The summed E-state index contributed by atoms with van der Waals surface area (Å²) in [7, 11) is 0. The lowest BCUT2D eigenvalue weighted by molar-refractivity contribution is 0.664. The zero-order valence-electron chi connectivity index (χ0n) is 12.1. The van der Waals surface area contributed by atoms with Crippen LogP contribution in [0.25, 0.3) is 5.65 Å². The van der Waals surface area contributed by atoms with Gasteiger partial charge in [0.25, 0.3) is 0 Å². The van der Waals surface area contributed by atoms with Crippen LogP contribution in [-0.2, 0) is 0 Å². The molecule has 0 saturated carbocycles. The Bertz CT molecular complexity index is 552. The van der Waals surface area contributed by atoms with Crippen LogP contribution in [0.4, 0.5) is 0 Å². The summed E-state index contributed by atoms with van der Waals surface area (Å²) < 4.78 is 1.89. The second-order valence-corrected chi connectivity index (χ2v) is 5.73. The third-order valence-corrected chi connectivity index (χ3v) is 3.16. The molecule has 0 spiro atoms. The van der Waals surface area contributed by atoms with E-state index in [0.717, 1.165) is 17.2 Å². The van der Waals surface area contributed by atoms with Crippen molar-refractivity contribution in [2.75, 3.05) is 0 Å². The van der Waals surface area contributed by atoms with Crippen molar-refractivity contribution in [3.63, 3.8) is 0 Å². The molecule has 4 heteroatoms. The van der Waals surface area contributed by atoms with Crippen LogP contribution in [0.3, 0.4) is 0 Å². The normalized spacial score (nSPS) is 12.3. The first-order valence-electron chi connectivity index (χ1n) is 6.66. The van der Waals surface area contributed by atoms with Crippen molar-refractivity contribution in [1.82, 2.24) is 19.6 Å². The van der Waals surface area contributed by atoms with Gasteiger partial charge in [-0.2, -0.15) is 9.61 Å². The van der Waals surface area contributed by atoms with E-state index in [2.05, 4.69) is 51.6 Å². The van der Waals surface area contributed by atoms with Gasteiger partial charge in [0.1, 0.15) is 12.2 Å². The lowest BCUT2D eigenvalue weighted by Gasteiger charge is -2.18. The third kappa shape index (κ3) is 2.00. The summed E-state index contributed by atoms with van der Waals surface area (Å²) in [4.78, 5) is 9.29. The second-order valence-electron chi connectivity index (χ2n) is 5.73. The molecule has 0 amide bonds. The average Bonchev–Trinajstić information content (AvgIpc) is 2.73. The van der Waals surface area contributed by atoms with E-state index in [-0.39, 0.29) is 0 Å². The Kier molecular flexibility index (Phi) is 3.37. The topological polar surface area (TPSA) is 43.1 Å². The second kappa shape index (κ2) is 4.67. The van der Waals surface area contributed by atoms with Crippen molar-refractivity contribution in [2.45, 2.75) is 59.3 Å². The monoisotopic (exact) mass is 246 g/mol. The molecule has 0 atom stereocenters. The van der Waals surface area contributed by atoms with Gasteiger partial charge in [0.15, 0.2) is 5.65 Å².